The van der Waals surface area contributed by atoms with Gasteiger partial charge in [-0.05, 0) is 23.6 Å². The Morgan fingerprint density at radius 1 is 1.32 bits per heavy atom. The third-order valence-corrected chi connectivity index (χ3v) is 6.31. The molecule has 6 heteroatoms. The third kappa shape index (κ3) is 4.47. The number of ether oxygens (including phenoxy) is 1. The van der Waals surface area contributed by atoms with Crippen molar-refractivity contribution in [3.8, 4) is 0 Å². The highest BCUT2D eigenvalue weighted by molar-refractivity contribution is 7.99. The van der Waals surface area contributed by atoms with Crippen LogP contribution < -0.4 is 0 Å². The van der Waals surface area contributed by atoms with Gasteiger partial charge in [-0.25, -0.2) is 0 Å². The van der Waals surface area contributed by atoms with E-state index >= 15 is 0 Å². The Hall–Kier alpha value is -0.560. The van der Waals surface area contributed by atoms with Crippen LogP contribution in [-0.4, -0.2) is 72.6 Å². The van der Waals surface area contributed by atoms with Crippen LogP contribution >= 0.6 is 23.1 Å². The molecule has 2 aliphatic heterocycles. The Morgan fingerprint density at radius 2 is 2.18 bits per heavy atom. The molecule has 0 bridgehead atoms. The van der Waals surface area contributed by atoms with E-state index < -0.39 is 0 Å². The average molecular weight is 341 g/mol. The fraction of sp³-hybridized carbons (Fsp3) is 0.688. The Balaban J connectivity index is 1.62. The Morgan fingerprint density at radius 3 is 2.95 bits per heavy atom. The zero-order valence-corrected chi connectivity index (χ0v) is 14.5. The molecule has 1 aromatic heterocycles. The Labute approximate surface area is 140 Å². The van der Waals surface area contributed by atoms with Crippen LogP contribution in [-0.2, 0) is 16.0 Å². The molecule has 2 saturated heterocycles. The molecule has 4 nitrogen and oxygen atoms in total. The van der Waals surface area contributed by atoms with Gasteiger partial charge in [-0.1, -0.05) is 6.07 Å². The van der Waals surface area contributed by atoms with Gasteiger partial charge in [-0.15, -0.1) is 11.3 Å². The summed E-state index contributed by atoms with van der Waals surface area (Å²) in [4.78, 5) is 18.5. The summed E-state index contributed by atoms with van der Waals surface area (Å²) < 4.78 is 5.43. The summed E-state index contributed by atoms with van der Waals surface area (Å²) >= 11 is 3.67. The van der Waals surface area contributed by atoms with E-state index in [2.05, 4.69) is 15.9 Å². The summed E-state index contributed by atoms with van der Waals surface area (Å²) in [6.45, 7) is 5.53. The number of hydrogen-bond acceptors (Lipinski definition) is 5. The quantitative estimate of drug-likeness (QED) is 0.839. The smallest absolute Gasteiger partial charge is 0.228 e. The predicted molar refractivity (Wildman–Crippen MR) is 92.7 cm³/mol. The van der Waals surface area contributed by atoms with Crippen molar-refractivity contribution in [3.05, 3.63) is 22.4 Å². The minimum atomic E-state index is 0.295. The topological polar surface area (TPSA) is 32.8 Å². The first-order valence-corrected chi connectivity index (χ1v) is 10.1. The number of morpholine rings is 1. The van der Waals surface area contributed by atoms with Gasteiger partial charge in [0.05, 0.1) is 25.7 Å². The van der Waals surface area contributed by atoms with Crippen LogP contribution in [0.2, 0.25) is 0 Å². The second kappa shape index (κ2) is 8.34. The molecular formula is C16H24N2O2S2. The summed E-state index contributed by atoms with van der Waals surface area (Å²) in [5.74, 6) is 2.53. The molecule has 1 aromatic rings. The van der Waals surface area contributed by atoms with Gasteiger partial charge in [0.1, 0.15) is 0 Å². The molecule has 0 aliphatic carbocycles. The van der Waals surface area contributed by atoms with Crippen LogP contribution in [0.25, 0.3) is 0 Å². The number of nitrogens with zero attached hydrogens (tertiary/aromatic N) is 2. The summed E-state index contributed by atoms with van der Waals surface area (Å²) in [7, 11) is 0. The molecule has 1 atom stereocenters. The van der Waals surface area contributed by atoms with E-state index in [9.17, 15) is 4.79 Å². The van der Waals surface area contributed by atoms with Gasteiger partial charge >= 0.3 is 0 Å². The SMILES string of the molecule is O=C(Cc1cccs1)N1CCCSC[C@H]1CN1CCOCC1. The van der Waals surface area contributed by atoms with E-state index in [1.807, 2.05) is 23.2 Å². The van der Waals surface area contributed by atoms with E-state index in [1.54, 1.807) is 11.3 Å². The van der Waals surface area contributed by atoms with E-state index in [1.165, 1.54) is 10.6 Å². The molecule has 2 aliphatic rings. The largest absolute Gasteiger partial charge is 0.379 e. The van der Waals surface area contributed by atoms with Crippen molar-refractivity contribution in [2.24, 2.45) is 0 Å². The van der Waals surface area contributed by atoms with Crippen LogP contribution in [0.1, 0.15) is 11.3 Å². The highest BCUT2D eigenvalue weighted by atomic mass is 32.2. The summed E-state index contributed by atoms with van der Waals surface area (Å²) in [6.07, 6.45) is 1.67. The van der Waals surface area contributed by atoms with Gasteiger partial charge in [-0.2, -0.15) is 11.8 Å². The maximum atomic E-state index is 12.8. The molecule has 122 valence electrons. The normalized spacial score (nSPS) is 24.2. The van der Waals surface area contributed by atoms with Gasteiger partial charge in [0.25, 0.3) is 0 Å². The minimum absolute atomic E-state index is 0.295. The first-order chi connectivity index (χ1) is 10.8. The second-order valence-electron chi connectivity index (χ2n) is 5.84. The van der Waals surface area contributed by atoms with Crippen LogP contribution in [0.4, 0.5) is 0 Å². The van der Waals surface area contributed by atoms with Crippen LogP contribution in [0.5, 0.6) is 0 Å². The lowest BCUT2D eigenvalue weighted by Crippen LogP contribution is -2.50. The number of rotatable bonds is 4. The number of amides is 1. The van der Waals surface area contributed by atoms with Gasteiger partial charge < -0.3 is 9.64 Å². The second-order valence-corrected chi connectivity index (χ2v) is 8.02. The van der Waals surface area contributed by atoms with E-state index in [4.69, 9.17) is 4.74 Å². The Bertz CT molecular complexity index is 461. The van der Waals surface area contributed by atoms with Crippen LogP contribution in [0, 0.1) is 0 Å². The van der Waals surface area contributed by atoms with Crippen molar-refractivity contribution in [1.82, 2.24) is 9.80 Å². The van der Waals surface area contributed by atoms with Gasteiger partial charge in [0.2, 0.25) is 5.91 Å². The fourth-order valence-electron chi connectivity index (χ4n) is 3.05. The molecule has 0 N–H and O–H groups in total. The molecule has 22 heavy (non-hydrogen) atoms. The molecule has 3 rings (SSSR count). The van der Waals surface area contributed by atoms with E-state index in [-0.39, 0.29) is 0 Å². The molecule has 0 aromatic carbocycles. The maximum absolute atomic E-state index is 12.8. The van der Waals surface area contributed by atoms with Crippen molar-refractivity contribution < 1.29 is 9.53 Å². The number of carbonyl (C=O) groups is 1. The molecule has 0 unspecified atom stereocenters. The first-order valence-electron chi connectivity index (χ1n) is 8.02. The van der Waals surface area contributed by atoms with Crippen molar-refractivity contribution in [1.29, 1.82) is 0 Å². The standard InChI is InChI=1S/C16H24N2O2S2/c19-16(11-15-3-1-10-22-15)18-4-2-9-21-13-14(18)12-17-5-7-20-8-6-17/h1,3,10,14H,2,4-9,11-13H2/t14-/m1/s1. The monoisotopic (exact) mass is 340 g/mol. The molecule has 1 amide bonds. The number of thioether (sulfide) groups is 1. The van der Waals surface area contributed by atoms with Gasteiger partial charge in [-0.3, -0.25) is 9.69 Å². The van der Waals surface area contributed by atoms with Crippen molar-refractivity contribution in [2.45, 2.75) is 18.9 Å². The minimum Gasteiger partial charge on any atom is -0.379 e. The lowest BCUT2D eigenvalue weighted by Gasteiger charge is -2.35. The van der Waals surface area contributed by atoms with Crippen LogP contribution in [0.15, 0.2) is 17.5 Å². The molecular weight excluding hydrogens is 316 g/mol. The van der Waals surface area contributed by atoms with Crippen molar-refractivity contribution in [2.75, 3.05) is 50.9 Å². The van der Waals surface area contributed by atoms with Gasteiger partial charge in [0.15, 0.2) is 0 Å². The number of hydrogen-bond donors (Lipinski definition) is 0. The van der Waals surface area contributed by atoms with Gasteiger partial charge in [0, 0.05) is 36.8 Å². The molecule has 3 heterocycles. The predicted octanol–water partition coefficient (Wildman–Crippen LogP) is 1.96. The Kier molecular flexibility index (Phi) is 6.18. The molecule has 0 spiro atoms. The highest BCUT2D eigenvalue weighted by Crippen LogP contribution is 2.20. The highest BCUT2D eigenvalue weighted by Gasteiger charge is 2.28. The first kappa shape index (κ1) is 16.3. The third-order valence-electron chi connectivity index (χ3n) is 4.24. The summed E-state index contributed by atoms with van der Waals surface area (Å²) in [5.41, 5.74) is 0. The van der Waals surface area contributed by atoms with Crippen molar-refractivity contribution >= 4 is 29.0 Å². The number of thiophene rings is 1. The number of carbonyl (C=O) groups excluding carboxylic acids is 1. The lowest BCUT2D eigenvalue weighted by molar-refractivity contribution is -0.132. The zero-order chi connectivity index (χ0) is 15.2. The summed E-state index contributed by atoms with van der Waals surface area (Å²) in [5, 5.41) is 2.05. The molecule has 2 fully saturated rings. The van der Waals surface area contributed by atoms with Crippen LogP contribution in [0.3, 0.4) is 0 Å². The zero-order valence-electron chi connectivity index (χ0n) is 12.9. The van der Waals surface area contributed by atoms with Crippen molar-refractivity contribution in [3.63, 3.8) is 0 Å². The average Bonchev–Trinajstić information content (AvgIpc) is 2.93. The lowest BCUT2D eigenvalue weighted by atomic mass is 10.2. The van der Waals surface area contributed by atoms with E-state index in [0.717, 1.165) is 51.6 Å². The van der Waals surface area contributed by atoms with E-state index in [0.29, 0.717) is 18.4 Å². The fourth-order valence-corrected chi connectivity index (χ4v) is 4.81. The molecule has 0 saturated carbocycles. The molecule has 0 radical (unpaired) electrons. The maximum Gasteiger partial charge on any atom is 0.228 e. The summed E-state index contributed by atoms with van der Waals surface area (Å²) in [6, 6.07) is 4.43.